The monoisotopic (exact) mass is 248 g/mol. The first-order valence-corrected chi connectivity index (χ1v) is 5.98. The van der Waals surface area contributed by atoms with E-state index in [-0.39, 0.29) is 11.6 Å². The van der Waals surface area contributed by atoms with E-state index < -0.39 is 0 Å². The first kappa shape index (κ1) is 11.6. The molecule has 0 aliphatic heterocycles. The predicted octanol–water partition coefficient (Wildman–Crippen LogP) is 2.71. The van der Waals surface area contributed by atoms with Crippen LogP contribution in [-0.2, 0) is 0 Å². The second-order valence-electron chi connectivity index (χ2n) is 3.69. The number of thiophene rings is 1. The van der Waals surface area contributed by atoms with Crippen LogP contribution in [0.15, 0.2) is 40.3 Å². The molecule has 88 valence electrons. The molecule has 5 heteroatoms. The second-order valence-corrected chi connectivity index (χ2v) is 4.64. The van der Waals surface area contributed by atoms with Crippen molar-refractivity contribution in [3.05, 3.63) is 41.4 Å². The largest absolute Gasteiger partial charge is 0.355 e. The molecule has 0 spiro atoms. The van der Waals surface area contributed by atoms with Gasteiger partial charge in [-0.05, 0) is 18.4 Å². The van der Waals surface area contributed by atoms with Crippen molar-refractivity contribution in [1.29, 1.82) is 0 Å². The summed E-state index contributed by atoms with van der Waals surface area (Å²) in [6.07, 6.45) is 0. The van der Waals surface area contributed by atoms with Gasteiger partial charge in [-0.1, -0.05) is 23.4 Å². The summed E-state index contributed by atoms with van der Waals surface area (Å²) >= 11 is 1.54. The molecule has 0 radical (unpaired) electrons. The average molecular weight is 248 g/mol. The van der Waals surface area contributed by atoms with Crippen LogP contribution in [0.3, 0.4) is 0 Å². The Hall–Kier alpha value is -1.88. The SMILES string of the molecule is C=C(C)CNC(=O)c1cc(-c2cccs2)on1. The highest BCUT2D eigenvalue weighted by Crippen LogP contribution is 2.24. The summed E-state index contributed by atoms with van der Waals surface area (Å²) in [5, 5.41) is 8.38. The first-order chi connectivity index (χ1) is 8.16. The molecule has 0 aromatic carbocycles. The number of hydrogen-bond acceptors (Lipinski definition) is 4. The molecular formula is C12H12N2O2S. The minimum absolute atomic E-state index is 0.250. The highest BCUT2D eigenvalue weighted by molar-refractivity contribution is 7.13. The molecule has 0 atom stereocenters. The number of nitrogens with one attached hydrogen (secondary N) is 1. The Balaban J connectivity index is 2.08. The number of aromatic nitrogens is 1. The van der Waals surface area contributed by atoms with Gasteiger partial charge in [-0.3, -0.25) is 4.79 Å². The van der Waals surface area contributed by atoms with Gasteiger partial charge in [0, 0.05) is 12.6 Å². The number of nitrogens with zero attached hydrogens (tertiary/aromatic N) is 1. The van der Waals surface area contributed by atoms with Crippen LogP contribution in [0, 0.1) is 0 Å². The van der Waals surface area contributed by atoms with Crippen LogP contribution in [0.1, 0.15) is 17.4 Å². The summed E-state index contributed by atoms with van der Waals surface area (Å²) in [4.78, 5) is 12.6. The lowest BCUT2D eigenvalue weighted by molar-refractivity contribution is 0.0948. The topological polar surface area (TPSA) is 55.1 Å². The molecule has 0 saturated carbocycles. The number of amides is 1. The lowest BCUT2D eigenvalue weighted by Gasteiger charge is -2.00. The van der Waals surface area contributed by atoms with Gasteiger partial charge in [0.2, 0.25) is 0 Å². The molecule has 2 heterocycles. The van der Waals surface area contributed by atoms with Gasteiger partial charge in [-0.15, -0.1) is 11.3 Å². The van der Waals surface area contributed by atoms with Crippen molar-refractivity contribution in [3.63, 3.8) is 0 Å². The zero-order chi connectivity index (χ0) is 12.3. The molecule has 0 aliphatic rings. The van der Waals surface area contributed by atoms with Crippen molar-refractivity contribution in [2.45, 2.75) is 6.92 Å². The maximum absolute atomic E-state index is 11.7. The van der Waals surface area contributed by atoms with E-state index in [0.717, 1.165) is 10.5 Å². The molecule has 2 rings (SSSR count). The van der Waals surface area contributed by atoms with E-state index in [1.165, 1.54) is 11.3 Å². The summed E-state index contributed by atoms with van der Waals surface area (Å²) < 4.78 is 5.11. The van der Waals surface area contributed by atoms with Crippen LogP contribution in [0.4, 0.5) is 0 Å². The fraction of sp³-hybridized carbons (Fsp3) is 0.167. The highest BCUT2D eigenvalue weighted by Gasteiger charge is 2.13. The first-order valence-electron chi connectivity index (χ1n) is 5.10. The molecular weight excluding hydrogens is 236 g/mol. The van der Waals surface area contributed by atoms with E-state index >= 15 is 0 Å². The molecule has 0 saturated heterocycles. The zero-order valence-corrected chi connectivity index (χ0v) is 10.2. The van der Waals surface area contributed by atoms with Crippen LogP contribution in [0.25, 0.3) is 10.6 Å². The van der Waals surface area contributed by atoms with Gasteiger partial charge in [0.15, 0.2) is 11.5 Å². The number of carbonyl (C=O) groups is 1. The van der Waals surface area contributed by atoms with Crippen molar-refractivity contribution in [2.24, 2.45) is 0 Å². The van der Waals surface area contributed by atoms with Gasteiger partial charge in [0.25, 0.3) is 5.91 Å². The standard InChI is InChI=1S/C12H12N2O2S/c1-8(2)7-13-12(15)9-6-10(16-14-9)11-4-3-5-17-11/h3-6H,1,7H2,2H3,(H,13,15). The molecule has 1 N–H and O–H groups in total. The van der Waals surface area contributed by atoms with E-state index in [1.54, 1.807) is 6.07 Å². The number of carbonyl (C=O) groups excluding carboxylic acids is 1. The summed E-state index contributed by atoms with van der Waals surface area (Å²) in [7, 11) is 0. The lowest BCUT2D eigenvalue weighted by atomic mass is 10.3. The summed E-state index contributed by atoms with van der Waals surface area (Å²) in [5.74, 6) is 0.361. The normalized spacial score (nSPS) is 10.2. The molecule has 2 aromatic heterocycles. The van der Waals surface area contributed by atoms with E-state index in [0.29, 0.717) is 12.3 Å². The van der Waals surface area contributed by atoms with E-state index in [4.69, 9.17) is 4.52 Å². The highest BCUT2D eigenvalue weighted by atomic mass is 32.1. The van der Waals surface area contributed by atoms with Crippen molar-refractivity contribution in [1.82, 2.24) is 10.5 Å². The Morgan fingerprint density at radius 1 is 1.65 bits per heavy atom. The van der Waals surface area contributed by atoms with Crippen LogP contribution in [0.2, 0.25) is 0 Å². The molecule has 0 aliphatic carbocycles. The van der Waals surface area contributed by atoms with Crippen molar-refractivity contribution >= 4 is 17.2 Å². The van der Waals surface area contributed by atoms with Gasteiger partial charge >= 0.3 is 0 Å². The Kier molecular flexibility index (Phi) is 3.39. The molecule has 2 aromatic rings. The van der Waals surface area contributed by atoms with Crippen LogP contribution < -0.4 is 5.32 Å². The Labute approximate surface area is 103 Å². The summed E-state index contributed by atoms with van der Waals surface area (Å²) in [6, 6.07) is 5.48. The van der Waals surface area contributed by atoms with Crippen LogP contribution in [-0.4, -0.2) is 17.6 Å². The van der Waals surface area contributed by atoms with Crippen LogP contribution >= 0.6 is 11.3 Å². The van der Waals surface area contributed by atoms with Crippen molar-refractivity contribution in [3.8, 4) is 10.6 Å². The molecule has 4 nitrogen and oxygen atoms in total. The third-order valence-corrected chi connectivity index (χ3v) is 2.94. The van der Waals surface area contributed by atoms with Gasteiger partial charge < -0.3 is 9.84 Å². The number of rotatable bonds is 4. The Bertz CT molecular complexity index is 528. The summed E-state index contributed by atoms with van der Waals surface area (Å²) in [6.45, 7) is 6.00. The molecule has 0 bridgehead atoms. The van der Waals surface area contributed by atoms with Gasteiger partial charge in [0.1, 0.15) is 0 Å². The average Bonchev–Trinajstić information content (AvgIpc) is 2.94. The smallest absolute Gasteiger partial charge is 0.273 e. The molecule has 0 fully saturated rings. The third-order valence-electron chi connectivity index (χ3n) is 2.06. The van der Waals surface area contributed by atoms with E-state index in [1.807, 2.05) is 24.4 Å². The van der Waals surface area contributed by atoms with Gasteiger partial charge in [0.05, 0.1) is 4.88 Å². The zero-order valence-electron chi connectivity index (χ0n) is 9.40. The molecule has 1 amide bonds. The molecule has 17 heavy (non-hydrogen) atoms. The van der Waals surface area contributed by atoms with Crippen molar-refractivity contribution in [2.75, 3.05) is 6.54 Å². The Morgan fingerprint density at radius 2 is 2.47 bits per heavy atom. The van der Waals surface area contributed by atoms with Gasteiger partial charge in [-0.25, -0.2) is 0 Å². The molecule has 0 unspecified atom stereocenters. The quantitative estimate of drug-likeness (QED) is 0.846. The minimum atomic E-state index is -0.250. The fourth-order valence-corrected chi connectivity index (χ4v) is 1.91. The maximum atomic E-state index is 11.7. The minimum Gasteiger partial charge on any atom is -0.355 e. The lowest BCUT2D eigenvalue weighted by Crippen LogP contribution is -2.25. The second kappa shape index (κ2) is 4.97. The van der Waals surface area contributed by atoms with Crippen molar-refractivity contribution < 1.29 is 9.32 Å². The number of hydrogen-bond donors (Lipinski definition) is 1. The third kappa shape index (κ3) is 2.82. The van der Waals surface area contributed by atoms with Crippen LogP contribution in [0.5, 0.6) is 0 Å². The fourth-order valence-electron chi connectivity index (χ4n) is 1.24. The van der Waals surface area contributed by atoms with E-state index in [9.17, 15) is 4.79 Å². The maximum Gasteiger partial charge on any atom is 0.273 e. The van der Waals surface area contributed by atoms with E-state index in [2.05, 4.69) is 17.1 Å². The Morgan fingerprint density at radius 3 is 3.12 bits per heavy atom. The predicted molar refractivity (Wildman–Crippen MR) is 67.0 cm³/mol. The van der Waals surface area contributed by atoms with Gasteiger partial charge in [-0.2, -0.15) is 0 Å². The summed E-state index contributed by atoms with van der Waals surface area (Å²) in [5.41, 5.74) is 1.18.